The molecule has 2 saturated heterocycles. The van der Waals surface area contributed by atoms with Crippen LogP contribution in [0.2, 0.25) is 5.02 Å². The van der Waals surface area contributed by atoms with Crippen molar-refractivity contribution in [2.24, 2.45) is 23.7 Å². The van der Waals surface area contributed by atoms with E-state index in [1.54, 1.807) is 6.92 Å². The van der Waals surface area contributed by atoms with Crippen molar-refractivity contribution in [2.45, 2.75) is 57.7 Å². The molecule has 11 heteroatoms. The zero-order valence-electron chi connectivity index (χ0n) is 17.6. The van der Waals surface area contributed by atoms with Gasteiger partial charge in [-0.1, -0.05) is 18.5 Å². The summed E-state index contributed by atoms with van der Waals surface area (Å²) in [5.74, 6) is -3.25. The van der Waals surface area contributed by atoms with Crippen LogP contribution >= 0.6 is 11.6 Å². The average molecular weight is 470 g/mol. The summed E-state index contributed by atoms with van der Waals surface area (Å²) in [4.78, 5) is 40.2. The maximum absolute atomic E-state index is 12.8. The Balaban J connectivity index is 1.60. The lowest BCUT2D eigenvalue weighted by atomic mass is 9.64. The van der Waals surface area contributed by atoms with Crippen LogP contribution in [-0.4, -0.2) is 40.3 Å². The molecule has 4 rings (SSSR count). The lowest BCUT2D eigenvalue weighted by molar-refractivity contribution is -0.425. The molecule has 1 aromatic carbocycles. The highest BCUT2D eigenvalue weighted by atomic mass is 35.5. The number of esters is 2. The molecule has 2 aliphatic heterocycles. The van der Waals surface area contributed by atoms with Crippen molar-refractivity contribution in [1.29, 1.82) is 0 Å². The molecule has 0 amide bonds. The van der Waals surface area contributed by atoms with Crippen LogP contribution < -0.4 is 0 Å². The number of nitrogens with zero attached hydrogens (tertiary/aromatic N) is 1. The van der Waals surface area contributed by atoms with E-state index in [4.69, 9.17) is 25.8 Å². The number of nitro benzene ring substituents is 1. The van der Waals surface area contributed by atoms with Crippen molar-refractivity contribution in [3.63, 3.8) is 0 Å². The van der Waals surface area contributed by atoms with Crippen molar-refractivity contribution in [3.05, 3.63) is 38.9 Å². The zero-order chi connectivity index (χ0) is 23.2. The Morgan fingerprint density at radius 1 is 1.31 bits per heavy atom. The van der Waals surface area contributed by atoms with Crippen LogP contribution in [0.3, 0.4) is 0 Å². The van der Waals surface area contributed by atoms with Crippen LogP contribution in [0.25, 0.3) is 0 Å². The van der Waals surface area contributed by atoms with Crippen molar-refractivity contribution >= 4 is 29.2 Å². The van der Waals surface area contributed by atoms with Gasteiger partial charge < -0.3 is 14.2 Å². The third kappa shape index (κ3) is 4.07. The molecule has 1 saturated carbocycles. The molecule has 0 spiro atoms. The first-order valence-electron chi connectivity index (χ1n) is 10.5. The highest BCUT2D eigenvalue weighted by Gasteiger charge is 2.56. The van der Waals surface area contributed by atoms with Gasteiger partial charge in [0.05, 0.1) is 16.4 Å². The highest BCUT2D eigenvalue weighted by molar-refractivity contribution is 6.32. The average Bonchev–Trinajstić information content (AvgIpc) is 2.90. The molecule has 32 heavy (non-hydrogen) atoms. The van der Waals surface area contributed by atoms with Crippen LogP contribution in [-0.2, 0) is 23.9 Å². The second-order valence-electron chi connectivity index (χ2n) is 8.83. The fourth-order valence-corrected chi connectivity index (χ4v) is 5.39. The number of halogens is 1. The summed E-state index contributed by atoms with van der Waals surface area (Å²) < 4.78 is 17.2. The summed E-state index contributed by atoms with van der Waals surface area (Å²) in [5.41, 5.74) is -0.353. The van der Waals surface area contributed by atoms with E-state index in [-0.39, 0.29) is 45.9 Å². The molecule has 1 N–H and O–H groups in total. The van der Waals surface area contributed by atoms with Gasteiger partial charge in [0.1, 0.15) is 11.1 Å². The molecule has 1 aliphatic carbocycles. The van der Waals surface area contributed by atoms with E-state index in [0.717, 1.165) is 6.07 Å². The van der Waals surface area contributed by atoms with E-state index >= 15 is 0 Å². The summed E-state index contributed by atoms with van der Waals surface area (Å²) >= 11 is 5.84. The summed E-state index contributed by atoms with van der Waals surface area (Å²) in [6.45, 7) is 3.37. The van der Waals surface area contributed by atoms with Gasteiger partial charge in [-0.15, -0.1) is 0 Å². The van der Waals surface area contributed by atoms with E-state index in [0.29, 0.717) is 25.7 Å². The lowest BCUT2D eigenvalue weighted by Crippen LogP contribution is -2.54. The summed E-state index contributed by atoms with van der Waals surface area (Å²) in [6, 6.07) is 3.76. The molecule has 0 aromatic heterocycles. The number of nitro groups is 1. The Labute approximate surface area is 188 Å². The molecule has 2 heterocycles. The SMILES string of the molecule is C[C@H]1C(=O)O[C@@H]2O[C@](C)(OO)CCC3C2[C@H]1CC[C@H]3OC(=O)c1ccc(Cl)c([N+](=O)[O-])c1. The number of benzene rings is 1. The van der Waals surface area contributed by atoms with Crippen LogP contribution in [0, 0.1) is 33.8 Å². The first-order chi connectivity index (χ1) is 15.1. The lowest BCUT2D eigenvalue weighted by Gasteiger charge is -2.48. The Morgan fingerprint density at radius 3 is 2.75 bits per heavy atom. The van der Waals surface area contributed by atoms with E-state index in [9.17, 15) is 25.0 Å². The highest BCUT2D eigenvalue weighted by Crippen LogP contribution is 2.51. The van der Waals surface area contributed by atoms with Crippen molar-refractivity contribution < 1.29 is 38.9 Å². The number of carbonyl (C=O) groups excluding carboxylic acids is 2. The largest absolute Gasteiger partial charge is 0.458 e. The maximum atomic E-state index is 12.8. The monoisotopic (exact) mass is 469 g/mol. The summed E-state index contributed by atoms with van der Waals surface area (Å²) in [5, 5.41) is 20.4. The second-order valence-corrected chi connectivity index (χ2v) is 9.23. The van der Waals surface area contributed by atoms with E-state index in [1.165, 1.54) is 12.1 Å². The normalized spacial score (nSPS) is 36.4. The minimum absolute atomic E-state index is 0.0246. The zero-order valence-corrected chi connectivity index (χ0v) is 18.3. The van der Waals surface area contributed by atoms with Gasteiger partial charge in [-0.05, 0) is 44.2 Å². The molecular formula is C21H24ClNO9. The molecule has 3 fully saturated rings. The number of hydrogen-bond donors (Lipinski definition) is 1. The minimum Gasteiger partial charge on any atom is -0.458 e. The smallest absolute Gasteiger partial charge is 0.338 e. The van der Waals surface area contributed by atoms with Crippen molar-refractivity contribution in [3.8, 4) is 0 Å². The van der Waals surface area contributed by atoms with E-state index in [2.05, 4.69) is 4.89 Å². The van der Waals surface area contributed by atoms with Gasteiger partial charge in [-0.3, -0.25) is 14.9 Å². The predicted octanol–water partition coefficient (Wildman–Crippen LogP) is 3.95. The molecule has 1 aromatic rings. The topological polar surface area (TPSA) is 134 Å². The van der Waals surface area contributed by atoms with Gasteiger partial charge in [0.25, 0.3) is 5.69 Å². The first kappa shape index (κ1) is 22.9. The fraction of sp³-hybridized carbons (Fsp3) is 0.619. The predicted molar refractivity (Wildman–Crippen MR) is 108 cm³/mol. The maximum Gasteiger partial charge on any atom is 0.338 e. The molecule has 2 unspecified atom stereocenters. The number of carbonyl (C=O) groups is 2. The first-order valence-corrected chi connectivity index (χ1v) is 10.9. The molecule has 174 valence electrons. The van der Waals surface area contributed by atoms with Crippen LogP contribution in [0.15, 0.2) is 18.2 Å². The molecule has 7 atom stereocenters. The fourth-order valence-electron chi connectivity index (χ4n) is 5.20. The third-order valence-corrected chi connectivity index (χ3v) is 7.26. The second kappa shape index (κ2) is 8.58. The third-order valence-electron chi connectivity index (χ3n) is 6.94. The number of rotatable bonds is 4. The van der Waals surface area contributed by atoms with Crippen LogP contribution in [0.5, 0.6) is 0 Å². The van der Waals surface area contributed by atoms with Gasteiger partial charge >= 0.3 is 11.9 Å². The molecular weight excluding hydrogens is 446 g/mol. The van der Waals surface area contributed by atoms with Gasteiger partial charge in [0.2, 0.25) is 12.1 Å². The van der Waals surface area contributed by atoms with Crippen LogP contribution in [0.4, 0.5) is 5.69 Å². The van der Waals surface area contributed by atoms with Gasteiger partial charge in [0.15, 0.2) is 0 Å². The number of hydrogen-bond acceptors (Lipinski definition) is 9. The number of ether oxygens (including phenoxy) is 3. The molecule has 0 bridgehead atoms. The summed E-state index contributed by atoms with van der Waals surface area (Å²) in [6.07, 6.45) is 0.472. The molecule has 3 aliphatic rings. The molecule has 0 radical (unpaired) electrons. The van der Waals surface area contributed by atoms with Gasteiger partial charge in [-0.25, -0.2) is 14.9 Å². The Kier molecular flexibility index (Phi) is 6.15. The van der Waals surface area contributed by atoms with Crippen LogP contribution in [0.1, 0.15) is 49.9 Å². The Morgan fingerprint density at radius 2 is 2.06 bits per heavy atom. The standard InChI is InChI=1S/C21H24ClNO9/c1-10-12-4-6-16(29-19(25)11-3-5-14(22)15(9-11)23(26)27)13-7-8-21(2,32-28)31-20(17(12)13)30-18(10)24/h3,5,9-10,12-13,16-17,20,28H,4,6-8H2,1-2H3/t10-,12+,13?,16-,17?,20-,21-/m1/s1. The summed E-state index contributed by atoms with van der Waals surface area (Å²) in [7, 11) is 0. The van der Waals surface area contributed by atoms with E-state index < -0.39 is 29.1 Å². The Bertz CT molecular complexity index is 940. The van der Waals surface area contributed by atoms with Gasteiger partial charge in [-0.2, -0.15) is 0 Å². The van der Waals surface area contributed by atoms with Crippen molar-refractivity contribution in [1.82, 2.24) is 0 Å². The van der Waals surface area contributed by atoms with E-state index in [1.807, 2.05) is 6.92 Å². The quantitative estimate of drug-likeness (QED) is 0.301. The van der Waals surface area contributed by atoms with Gasteiger partial charge in [0, 0.05) is 24.3 Å². The molecule has 10 nitrogen and oxygen atoms in total. The minimum atomic E-state index is -1.36. The van der Waals surface area contributed by atoms with Crippen molar-refractivity contribution in [2.75, 3.05) is 0 Å². The Hall–Kier alpha value is -2.27.